The fourth-order valence-corrected chi connectivity index (χ4v) is 3.76. The number of thiophene rings is 1. The highest BCUT2D eigenvalue weighted by Gasteiger charge is 2.49. The van der Waals surface area contributed by atoms with Gasteiger partial charge in [-0.2, -0.15) is 0 Å². The largest absolute Gasteiger partial charge is 0.480 e. The average molecular weight is 279 g/mol. The molecule has 1 amide bonds. The first-order valence-electron chi connectivity index (χ1n) is 6.64. The first-order chi connectivity index (χ1) is 9.08. The maximum atomic E-state index is 12.4. The number of aryl methyl sites for hydroxylation is 1. The van der Waals surface area contributed by atoms with Gasteiger partial charge in [-0.1, -0.05) is 0 Å². The van der Waals surface area contributed by atoms with Crippen LogP contribution in [0.25, 0.3) is 0 Å². The topological polar surface area (TPSA) is 57.6 Å². The zero-order valence-electron chi connectivity index (χ0n) is 10.8. The van der Waals surface area contributed by atoms with Gasteiger partial charge in [0, 0.05) is 22.8 Å². The minimum absolute atomic E-state index is 0.0114. The number of nitrogens with zero attached hydrogens (tertiary/aromatic N) is 1. The van der Waals surface area contributed by atoms with E-state index in [9.17, 15) is 9.59 Å². The van der Waals surface area contributed by atoms with E-state index in [4.69, 9.17) is 5.11 Å². The van der Waals surface area contributed by atoms with Gasteiger partial charge >= 0.3 is 5.97 Å². The van der Waals surface area contributed by atoms with Crippen molar-refractivity contribution in [1.82, 2.24) is 4.90 Å². The lowest BCUT2D eigenvalue weighted by atomic mass is 10.2. The molecule has 1 N–H and O–H groups in total. The van der Waals surface area contributed by atoms with Gasteiger partial charge in [-0.05, 0) is 43.2 Å². The first kappa shape index (κ1) is 12.7. The molecular formula is C14H17NO3S. The molecule has 0 unspecified atom stereocenters. The monoisotopic (exact) mass is 279 g/mol. The number of carboxylic acid groups (broad SMARTS) is 1. The Morgan fingerprint density at radius 3 is 2.74 bits per heavy atom. The van der Waals surface area contributed by atoms with Crippen LogP contribution >= 0.6 is 11.3 Å². The molecule has 4 nitrogen and oxygen atoms in total. The summed E-state index contributed by atoms with van der Waals surface area (Å²) in [6.07, 6.45) is 2.78. The van der Waals surface area contributed by atoms with Crippen molar-refractivity contribution < 1.29 is 14.7 Å². The van der Waals surface area contributed by atoms with Crippen molar-refractivity contribution in [3.63, 3.8) is 0 Å². The van der Waals surface area contributed by atoms with E-state index in [1.54, 1.807) is 16.2 Å². The van der Waals surface area contributed by atoms with Crippen LogP contribution in [-0.4, -0.2) is 34.5 Å². The van der Waals surface area contributed by atoms with Crippen molar-refractivity contribution in [2.24, 2.45) is 5.92 Å². The summed E-state index contributed by atoms with van der Waals surface area (Å²) in [5, 5.41) is 11.0. The molecule has 1 aromatic heterocycles. The van der Waals surface area contributed by atoms with Crippen LogP contribution < -0.4 is 0 Å². The molecule has 2 fully saturated rings. The van der Waals surface area contributed by atoms with Gasteiger partial charge in [-0.25, -0.2) is 0 Å². The van der Waals surface area contributed by atoms with Gasteiger partial charge in [-0.15, -0.1) is 11.3 Å². The molecule has 1 aromatic rings. The first-order valence-corrected chi connectivity index (χ1v) is 7.52. The molecule has 5 heteroatoms. The van der Waals surface area contributed by atoms with E-state index in [-0.39, 0.29) is 24.4 Å². The van der Waals surface area contributed by atoms with E-state index in [1.807, 2.05) is 0 Å². The minimum Gasteiger partial charge on any atom is -0.480 e. The number of rotatable bonds is 5. The summed E-state index contributed by atoms with van der Waals surface area (Å²) in [4.78, 5) is 26.1. The molecule has 2 aliphatic rings. The Morgan fingerprint density at radius 1 is 1.47 bits per heavy atom. The van der Waals surface area contributed by atoms with Crippen LogP contribution in [0.15, 0.2) is 11.4 Å². The summed E-state index contributed by atoms with van der Waals surface area (Å²) in [7, 11) is 0. The van der Waals surface area contributed by atoms with Crippen molar-refractivity contribution in [1.29, 1.82) is 0 Å². The van der Waals surface area contributed by atoms with Crippen LogP contribution in [-0.2, 0) is 9.59 Å². The number of hydrogen-bond donors (Lipinski definition) is 1. The lowest BCUT2D eigenvalue weighted by Crippen LogP contribution is -2.38. The lowest BCUT2D eigenvalue weighted by molar-refractivity contribution is -0.145. The summed E-state index contributed by atoms with van der Waals surface area (Å²) in [5.41, 5.74) is 1.25. The Morgan fingerprint density at radius 2 is 2.21 bits per heavy atom. The molecule has 102 valence electrons. The van der Waals surface area contributed by atoms with Crippen LogP contribution in [0, 0.1) is 12.8 Å². The fourth-order valence-electron chi connectivity index (χ4n) is 2.65. The van der Waals surface area contributed by atoms with E-state index in [0.29, 0.717) is 5.92 Å². The van der Waals surface area contributed by atoms with Crippen LogP contribution in [0.5, 0.6) is 0 Å². The fraction of sp³-hybridized carbons (Fsp3) is 0.571. The SMILES string of the molecule is Cc1ccsc1[C@H]1C[C@@H]1C(=O)N(CC(=O)O)C1CC1. The van der Waals surface area contributed by atoms with Gasteiger partial charge in [0.25, 0.3) is 0 Å². The summed E-state index contributed by atoms with van der Waals surface area (Å²) in [5.74, 6) is -0.535. The summed E-state index contributed by atoms with van der Waals surface area (Å²) in [6, 6.07) is 2.25. The van der Waals surface area contributed by atoms with Crippen molar-refractivity contribution in [3.8, 4) is 0 Å². The predicted octanol–water partition coefficient (Wildman–Crippen LogP) is 2.24. The van der Waals surface area contributed by atoms with Crippen molar-refractivity contribution in [2.45, 2.75) is 38.1 Å². The van der Waals surface area contributed by atoms with E-state index in [0.717, 1.165) is 19.3 Å². The number of hydrogen-bond acceptors (Lipinski definition) is 3. The highest BCUT2D eigenvalue weighted by molar-refractivity contribution is 7.10. The second kappa shape index (κ2) is 4.63. The highest BCUT2D eigenvalue weighted by Crippen LogP contribution is 2.51. The molecule has 19 heavy (non-hydrogen) atoms. The minimum atomic E-state index is -0.912. The molecule has 0 saturated heterocycles. The van der Waals surface area contributed by atoms with Gasteiger partial charge in [0.15, 0.2) is 0 Å². The quantitative estimate of drug-likeness (QED) is 0.899. The number of carbonyl (C=O) groups excluding carboxylic acids is 1. The van der Waals surface area contributed by atoms with Gasteiger partial charge in [-0.3, -0.25) is 9.59 Å². The molecule has 1 heterocycles. The second-order valence-corrected chi connectivity index (χ2v) is 6.46. The summed E-state index contributed by atoms with van der Waals surface area (Å²) >= 11 is 1.70. The normalized spacial score (nSPS) is 25.1. The van der Waals surface area contributed by atoms with Gasteiger partial charge < -0.3 is 10.0 Å². The number of carbonyl (C=O) groups is 2. The van der Waals surface area contributed by atoms with Gasteiger partial charge in [0.2, 0.25) is 5.91 Å². The zero-order chi connectivity index (χ0) is 13.6. The standard InChI is InChI=1S/C14H17NO3S/c1-8-4-5-19-13(8)10-6-11(10)14(18)15(7-12(16)17)9-2-3-9/h4-5,9-11H,2-3,6-7H2,1H3,(H,16,17)/t10-,11-/m0/s1. The molecule has 3 rings (SSSR count). The van der Waals surface area contributed by atoms with Crippen LogP contribution in [0.1, 0.15) is 35.6 Å². The molecule has 0 aromatic carbocycles. The Labute approximate surface area is 116 Å². The van der Waals surface area contributed by atoms with Gasteiger partial charge in [0.05, 0.1) is 0 Å². The molecule has 2 aliphatic carbocycles. The number of amides is 1. The maximum Gasteiger partial charge on any atom is 0.323 e. The number of carboxylic acids is 1. The smallest absolute Gasteiger partial charge is 0.323 e. The molecule has 0 bridgehead atoms. The second-order valence-electron chi connectivity index (χ2n) is 5.51. The van der Waals surface area contributed by atoms with Crippen LogP contribution in [0.4, 0.5) is 0 Å². The van der Waals surface area contributed by atoms with Crippen LogP contribution in [0.3, 0.4) is 0 Å². The Balaban J connectivity index is 1.68. The maximum absolute atomic E-state index is 12.4. The van der Waals surface area contributed by atoms with Gasteiger partial charge in [0.1, 0.15) is 6.54 Å². The van der Waals surface area contributed by atoms with Crippen molar-refractivity contribution in [2.75, 3.05) is 6.54 Å². The van der Waals surface area contributed by atoms with E-state index in [2.05, 4.69) is 18.4 Å². The molecular weight excluding hydrogens is 262 g/mol. The molecule has 0 radical (unpaired) electrons. The Kier molecular flexibility index (Phi) is 3.09. The Hall–Kier alpha value is -1.36. The molecule has 0 spiro atoms. The Bertz CT molecular complexity index is 521. The third-order valence-corrected chi connectivity index (χ3v) is 5.07. The third kappa shape index (κ3) is 2.52. The van der Waals surface area contributed by atoms with Crippen molar-refractivity contribution in [3.05, 3.63) is 21.9 Å². The summed E-state index contributed by atoms with van der Waals surface area (Å²) in [6.45, 7) is 1.93. The lowest BCUT2D eigenvalue weighted by Gasteiger charge is -2.20. The van der Waals surface area contributed by atoms with E-state index >= 15 is 0 Å². The van der Waals surface area contributed by atoms with Crippen LogP contribution in [0.2, 0.25) is 0 Å². The van der Waals surface area contributed by atoms with E-state index in [1.165, 1.54) is 10.4 Å². The number of aliphatic carboxylic acids is 1. The van der Waals surface area contributed by atoms with Crippen molar-refractivity contribution >= 4 is 23.2 Å². The zero-order valence-corrected chi connectivity index (χ0v) is 11.7. The molecule has 2 saturated carbocycles. The molecule has 0 aliphatic heterocycles. The average Bonchev–Trinajstić information content (AvgIpc) is 3.25. The third-order valence-electron chi connectivity index (χ3n) is 3.92. The molecule has 2 atom stereocenters. The summed E-state index contributed by atoms with van der Waals surface area (Å²) < 4.78 is 0. The van der Waals surface area contributed by atoms with E-state index < -0.39 is 5.97 Å². The predicted molar refractivity (Wildman–Crippen MR) is 72.3 cm³/mol. The highest BCUT2D eigenvalue weighted by atomic mass is 32.1.